The summed E-state index contributed by atoms with van der Waals surface area (Å²) in [5, 5.41) is 9.07. The lowest BCUT2D eigenvalue weighted by Crippen LogP contribution is -2.32. The van der Waals surface area contributed by atoms with Gasteiger partial charge in [-0.1, -0.05) is 55.3 Å². The van der Waals surface area contributed by atoms with E-state index in [1.54, 1.807) is 15.7 Å². The van der Waals surface area contributed by atoms with Crippen LogP contribution < -0.4 is 10.7 Å². The van der Waals surface area contributed by atoms with Crippen molar-refractivity contribution in [2.24, 2.45) is 0 Å². The maximum atomic E-state index is 12.7. The third kappa shape index (κ3) is 4.27. The molecule has 2 aromatic rings. The number of carbonyl (C=O) groups excluding carboxylic acids is 1. The van der Waals surface area contributed by atoms with Gasteiger partial charge in [0, 0.05) is 18.2 Å². The van der Waals surface area contributed by atoms with Gasteiger partial charge >= 0.3 is 0 Å². The summed E-state index contributed by atoms with van der Waals surface area (Å²) in [7, 11) is 0. The van der Waals surface area contributed by atoms with Crippen molar-refractivity contribution in [1.29, 1.82) is 0 Å². The van der Waals surface area contributed by atoms with E-state index in [2.05, 4.69) is 16.8 Å². The Balaban J connectivity index is 1.65. The summed E-state index contributed by atoms with van der Waals surface area (Å²) < 4.78 is 1.56. The molecule has 1 aromatic heterocycles. The molecule has 26 heavy (non-hydrogen) atoms. The van der Waals surface area contributed by atoms with Crippen LogP contribution in [0.15, 0.2) is 48.1 Å². The van der Waals surface area contributed by atoms with Crippen molar-refractivity contribution in [1.82, 2.24) is 14.9 Å². The number of anilines is 1. The van der Waals surface area contributed by atoms with E-state index in [0.29, 0.717) is 17.6 Å². The number of para-hydroxylation sites is 1. The molecule has 0 unspecified atom stereocenters. The van der Waals surface area contributed by atoms with E-state index in [-0.39, 0.29) is 11.7 Å². The molecule has 1 heterocycles. The van der Waals surface area contributed by atoms with Crippen LogP contribution in [0.25, 0.3) is 0 Å². The topological polar surface area (TPSA) is 77.0 Å². The average Bonchev–Trinajstić information content (AvgIpc) is 3.06. The van der Waals surface area contributed by atoms with Crippen LogP contribution in [0.3, 0.4) is 0 Å². The molecule has 1 aliphatic carbocycles. The van der Waals surface area contributed by atoms with E-state index in [9.17, 15) is 4.79 Å². The SMILES string of the molecule is C=CCN(C(=O)CSc1nnc(C2CCCCC2)n1N)c1ccccc1. The first kappa shape index (κ1) is 18.5. The van der Waals surface area contributed by atoms with Gasteiger partial charge in [-0.2, -0.15) is 0 Å². The molecule has 1 aliphatic rings. The van der Waals surface area contributed by atoms with Gasteiger partial charge in [0.25, 0.3) is 0 Å². The number of hydrogen-bond donors (Lipinski definition) is 1. The molecule has 0 spiro atoms. The molecular weight excluding hydrogens is 346 g/mol. The molecule has 3 rings (SSSR count). The number of hydrogen-bond acceptors (Lipinski definition) is 5. The smallest absolute Gasteiger partial charge is 0.237 e. The Kier molecular flexibility index (Phi) is 6.33. The van der Waals surface area contributed by atoms with Crippen molar-refractivity contribution in [2.75, 3.05) is 23.0 Å². The molecule has 0 saturated heterocycles. The summed E-state index contributed by atoms with van der Waals surface area (Å²) >= 11 is 1.33. The van der Waals surface area contributed by atoms with Crippen LogP contribution in [-0.4, -0.2) is 33.1 Å². The van der Waals surface area contributed by atoms with Gasteiger partial charge in [-0.25, -0.2) is 4.68 Å². The summed E-state index contributed by atoms with van der Waals surface area (Å²) in [5.41, 5.74) is 0.857. The van der Waals surface area contributed by atoms with E-state index >= 15 is 0 Å². The highest BCUT2D eigenvalue weighted by Crippen LogP contribution is 2.32. The maximum Gasteiger partial charge on any atom is 0.237 e. The Hall–Kier alpha value is -2.28. The molecule has 1 fully saturated rings. The second kappa shape index (κ2) is 8.89. The molecule has 0 atom stereocenters. The zero-order valence-electron chi connectivity index (χ0n) is 14.9. The summed E-state index contributed by atoms with van der Waals surface area (Å²) in [5.74, 6) is 7.66. The second-order valence-electron chi connectivity index (χ2n) is 6.46. The normalized spacial score (nSPS) is 14.9. The largest absolute Gasteiger partial charge is 0.336 e. The predicted octanol–water partition coefficient (Wildman–Crippen LogP) is 3.35. The molecule has 0 radical (unpaired) electrons. The highest BCUT2D eigenvalue weighted by molar-refractivity contribution is 7.99. The highest BCUT2D eigenvalue weighted by atomic mass is 32.2. The predicted molar refractivity (Wildman–Crippen MR) is 106 cm³/mol. The fraction of sp³-hybridized carbons (Fsp3) is 0.421. The number of nitrogen functional groups attached to an aromatic ring is 1. The van der Waals surface area contributed by atoms with Crippen LogP contribution in [0.1, 0.15) is 43.8 Å². The summed E-state index contributed by atoms with van der Waals surface area (Å²) in [6.45, 7) is 4.21. The Labute approximate surface area is 158 Å². The number of rotatable bonds is 7. The molecule has 138 valence electrons. The molecule has 1 aromatic carbocycles. The lowest BCUT2D eigenvalue weighted by atomic mass is 9.89. The number of nitrogens with two attached hydrogens (primary N) is 1. The van der Waals surface area contributed by atoms with Gasteiger partial charge in [-0.15, -0.1) is 16.8 Å². The molecule has 6 nitrogen and oxygen atoms in total. The van der Waals surface area contributed by atoms with E-state index < -0.39 is 0 Å². The van der Waals surface area contributed by atoms with Crippen molar-refractivity contribution in [3.63, 3.8) is 0 Å². The molecular formula is C19H25N5OS. The van der Waals surface area contributed by atoms with Gasteiger partial charge in [0.2, 0.25) is 11.1 Å². The van der Waals surface area contributed by atoms with Gasteiger partial charge in [-0.05, 0) is 25.0 Å². The number of amides is 1. The van der Waals surface area contributed by atoms with Crippen molar-refractivity contribution < 1.29 is 4.79 Å². The molecule has 1 amide bonds. The van der Waals surface area contributed by atoms with Crippen molar-refractivity contribution in [3.8, 4) is 0 Å². The third-order valence-electron chi connectivity index (χ3n) is 4.67. The second-order valence-corrected chi connectivity index (χ2v) is 7.41. The Morgan fingerprint density at radius 3 is 2.69 bits per heavy atom. The van der Waals surface area contributed by atoms with Crippen LogP contribution in [0.4, 0.5) is 5.69 Å². The average molecular weight is 372 g/mol. The standard InChI is InChI=1S/C19H25N5OS/c1-2-13-23(16-11-7-4-8-12-16)17(25)14-26-19-22-21-18(24(19)20)15-9-5-3-6-10-15/h2,4,7-8,11-12,15H,1,3,5-6,9-10,13-14,20H2. The van der Waals surface area contributed by atoms with Gasteiger partial charge in [0.1, 0.15) is 0 Å². The van der Waals surface area contributed by atoms with Gasteiger partial charge in [0.05, 0.1) is 5.75 Å². The van der Waals surface area contributed by atoms with Crippen LogP contribution in [-0.2, 0) is 4.79 Å². The lowest BCUT2D eigenvalue weighted by Gasteiger charge is -2.21. The van der Waals surface area contributed by atoms with Crippen LogP contribution in [0, 0.1) is 0 Å². The Morgan fingerprint density at radius 2 is 2.00 bits per heavy atom. The van der Waals surface area contributed by atoms with Gasteiger partial charge in [0.15, 0.2) is 5.82 Å². The lowest BCUT2D eigenvalue weighted by molar-refractivity contribution is -0.116. The number of carbonyl (C=O) groups is 1. The Bertz CT molecular complexity index is 740. The maximum absolute atomic E-state index is 12.7. The van der Waals surface area contributed by atoms with Crippen molar-refractivity contribution in [2.45, 2.75) is 43.2 Å². The third-order valence-corrected chi connectivity index (χ3v) is 5.59. The molecule has 0 bridgehead atoms. The van der Waals surface area contributed by atoms with Crippen LogP contribution in [0.2, 0.25) is 0 Å². The molecule has 2 N–H and O–H groups in total. The van der Waals surface area contributed by atoms with E-state index in [0.717, 1.165) is 24.4 Å². The van der Waals surface area contributed by atoms with E-state index in [1.807, 2.05) is 30.3 Å². The summed E-state index contributed by atoms with van der Waals surface area (Å²) in [6.07, 6.45) is 7.66. The molecule has 0 aliphatic heterocycles. The monoisotopic (exact) mass is 371 g/mol. The number of aromatic nitrogens is 3. The first-order chi connectivity index (χ1) is 12.7. The molecule has 1 saturated carbocycles. The minimum atomic E-state index is -0.0108. The number of nitrogens with zero attached hydrogens (tertiary/aromatic N) is 4. The van der Waals surface area contributed by atoms with Gasteiger partial charge < -0.3 is 10.7 Å². The van der Waals surface area contributed by atoms with Crippen LogP contribution in [0.5, 0.6) is 0 Å². The minimum Gasteiger partial charge on any atom is -0.336 e. The molecule has 7 heteroatoms. The van der Waals surface area contributed by atoms with Crippen molar-refractivity contribution >= 4 is 23.4 Å². The number of thioether (sulfide) groups is 1. The van der Waals surface area contributed by atoms with Crippen molar-refractivity contribution in [3.05, 3.63) is 48.8 Å². The Morgan fingerprint density at radius 1 is 1.27 bits per heavy atom. The summed E-state index contributed by atoms with van der Waals surface area (Å²) in [6, 6.07) is 9.59. The first-order valence-electron chi connectivity index (χ1n) is 9.00. The fourth-order valence-corrected chi connectivity index (χ4v) is 4.06. The highest BCUT2D eigenvalue weighted by Gasteiger charge is 2.23. The fourth-order valence-electron chi connectivity index (χ4n) is 3.32. The zero-order valence-corrected chi connectivity index (χ0v) is 15.7. The van der Waals surface area contributed by atoms with E-state index in [1.165, 1.54) is 31.0 Å². The zero-order chi connectivity index (χ0) is 18.4. The minimum absolute atomic E-state index is 0.0108. The van der Waals surface area contributed by atoms with Crippen LogP contribution >= 0.6 is 11.8 Å². The first-order valence-corrected chi connectivity index (χ1v) is 9.98. The summed E-state index contributed by atoms with van der Waals surface area (Å²) in [4.78, 5) is 14.4. The quantitative estimate of drug-likeness (QED) is 0.459. The van der Waals surface area contributed by atoms with Gasteiger partial charge in [-0.3, -0.25) is 4.79 Å². The number of benzene rings is 1. The van der Waals surface area contributed by atoms with E-state index in [4.69, 9.17) is 5.84 Å².